The molecule has 0 aliphatic heterocycles. The number of nitrogens with zero attached hydrogens (tertiary/aromatic N) is 2. The van der Waals surface area contributed by atoms with Gasteiger partial charge in [-0.05, 0) is 0 Å². The van der Waals surface area contributed by atoms with Gasteiger partial charge in [0, 0.05) is 33.1 Å². The molecule has 0 radical (unpaired) electrons. The van der Waals surface area contributed by atoms with Crippen molar-refractivity contribution in [3.8, 4) is 5.75 Å². The summed E-state index contributed by atoms with van der Waals surface area (Å²) in [7, 11) is 4.51. The summed E-state index contributed by atoms with van der Waals surface area (Å²) in [5.74, 6) is -0.917. The molecule has 0 unspecified atom stereocenters. The predicted octanol–water partition coefficient (Wildman–Crippen LogP) is 1.63. The quantitative estimate of drug-likeness (QED) is 0.634. The molecule has 0 aliphatic carbocycles. The maximum Gasteiger partial charge on any atom is 0.313 e. The van der Waals surface area contributed by atoms with E-state index in [1.165, 1.54) is 18.1 Å². The lowest BCUT2D eigenvalue weighted by Crippen LogP contribution is -2.24. The van der Waals surface area contributed by atoms with E-state index in [1.807, 2.05) is 0 Å². The van der Waals surface area contributed by atoms with Gasteiger partial charge in [0.2, 0.25) is 5.91 Å². The van der Waals surface area contributed by atoms with Crippen molar-refractivity contribution in [1.82, 2.24) is 4.90 Å². The van der Waals surface area contributed by atoms with E-state index in [9.17, 15) is 19.3 Å². The van der Waals surface area contributed by atoms with Crippen LogP contribution in [0.2, 0.25) is 0 Å². The molecule has 8 heteroatoms. The van der Waals surface area contributed by atoms with Crippen LogP contribution in [0.4, 0.5) is 15.8 Å². The fourth-order valence-electron chi connectivity index (χ4n) is 1.51. The van der Waals surface area contributed by atoms with E-state index < -0.39 is 16.4 Å². The smallest absolute Gasteiger partial charge is 0.313 e. The molecule has 1 rings (SSSR count). The lowest BCUT2D eigenvalue weighted by molar-refractivity contribution is -0.385. The predicted molar refractivity (Wildman–Crippen MR) is 71.4 cm³/mol. The molecule has 1 aromatic rings. The van der Waals surface area contributed by atoms with Crippen molar-refractivity contribution in [1.29, 1.82) is 0 Å². The lowest BCUT2D eigenvalue weighted by Gasteiger charge is -2.12. The Hall–Kier alpha value is -2.38. The highest BCUT2D eigenvalue weighted by molar-refractivity contribution is 5.76. The first-order chi connectivity index (χ1) is 9.36. The highest BCUT2D eigenvalue weighted by Crippen LogP contribution is 2.32. The monoisotopic (exact) mass is 285 g/mol. The van der Waals surface area contributed by atoms with Gasteiger partial charge in [-0.1, -0.05) is 0 Å². The van der Waals surface area contributed by atoms with Crippen molar-refractivity contribution >= 4 is 17.3 Å². The molecule has 0 atom stereocenters. The van der Waals surface area contributed by atoms with Crippen LogP contribution in [0.15, 0.2) is 12.1 Å². The summed E-state index contributed by atoms with van der Waals surface area (Å²) in [6.45, 7) is 0.217. The summed E-state index contributed by atoms with van der Waals surface area (Å²) in [5, 5.41) is 13.4. The summed E-state index contributed by atoms with van der Waals surface area (Å²) in [6, 6.07) is 1.99. The number of hydrogen-bond acceptors (Lipinski definition) is 5. The second-order valence-corrected chi connectivity index (χ2v) is 4.23. The molecule has 1 N–H and O–H groups in total. The number of nitro benzene ring substituents is 1. The van der Waals surface area contributed by atoms with Gasteiger partial charge in [-0.15, -0.1) is 0 Å². The first kappa shape index (κ1) is 15.7. The molecule has 0 bridgehead atoms. The minimum atomic E-state index is -0.769. The summed E-state index contributed by atoms with van der Waals surface area (Å²) >= 11 is 0. The minimum absolute atomic E-state index is 0.0437. The first-order valence-electron chi connectivity index (χ1n) is 5.82. The fourth-order valence-corrected chi connectivity index (χ4v) is 1.51. The number of methoxy groups -OCH3 is 1. The van der Waals surface area contributed by atoms with Crippen molar-refractivity contribution in [2.24, 2.45) is 0 Å². The van der Waals surface area contributed by atoms with E-state index >= 15 is 0 Å². The van der Waals surface area contributed by atoms with Gasteiger partial charge < -0.3 is 15.0 Å². The molecule has 1 amide bonds. The Bertz CT molecular complexity index is 520. The number of nitro groups is 1. The zero-order valence-corrected chi connectivity index (χ0v) is 11.5. The van der Waals surface area contributed by atoms with Crippen molar-refractivity contribution < 1.29 is 18.8 Å². The number of carbonyl (C=O) groups excluding carboxylic acids is 1. The lowest BCUT2D eigenvalue weighted by atomic mass is 10.2. The SMILES string of the molecule is COc1cc(NCCC(=O)N(C)C)c(F)cc1[N+](=O)[O-]. The molecule has 0 aromatic heterocycles. The van der Waals surface area contributed by atoms with Crippen LogP contribution >= 0.6 is 0 Å². The molecule has 110 valence electrons. The Labute approximate surface area is 115 Å². The standard InChI is InChI=1S/C12H16FN3O4/c1-15(2)12(17)4-5-14-9-7-11(20-3)10(16(18)19)6-8(9)13/h6-7,14H,4-5H2,1-3H3. The molecule has 0 spiro atoms. The first-order valence-corrected chi connectivity index (χ1v) is 5.82. The van der Waals surface area contributed by atoms with Crippen molar-refractivity contribution in [2.45, 2.75) is 6.42 Å². The third-order valence-electron chi connectivity index (χ3n) is 2.62. The normalized spacial score (nSPS) is 10.0. The molecular weight excluding hydrogens is 269 g/mol. The summed E-state index contributed by atoms with van der Waals surface area (Å²) in [5.41, 5.74) is -0.390. The van der Waals surface area contributed by atoms with Gasteiger partial charge in [0.05, 0.1) is 23.8 Å². The van der Waals surface area contributed by atoms with Crippen LogP contribution in [0.1, 0.15) is 6.42 Å². The molecule has 0 fully saturated rings. The van der Waals surface area contributed by atoms with Crippen LogP contribution in [0.3, 0.4) is 0 Å². The second kappa shape index (κ2) is 6.69. The van der Waals surface area contributed by atoms with Crippen molar-refractivity contribution in [2.75, 3.05) is 33.1 Å². The number of ether oxygens (including phenoxy) is 1. The van der Waals surface area contributed by atoms with Crippen LogP contribution in [0, 0.1) is 15.9 Å². The largest absolute Gasteiger partial charge is 0.490 e. The molecule has 0 saturated heterocycles. The van der Waals surface area contributed by atoms with Gasteiger partial charge in [-0.25, -0.2) is 4.39 Å². The maximum absolute atomic E-state index is 13.7. The maximum atomic E-state index is 13.7. The summed E-state index contributed by atoms with van der Waals surface area (Å²) in [6.07, 6.45) is 0.186. The molecule has 0 saturated carbocycles. The highest BCUT2D eigenvalue weighted by atomic mass is 19.1. The number of halogens is 1. The molecule has 0 aliphatic rings. The third kappa shape index (κ3) is 3.81. The van der Waals surface area contributed by atoms with Crippen LogP contribution in [-0.4, -0.2) is 43.5 Å². The van der Waals surface area contributed by atoms with E-state index in [2.05, 4.69) is 5.32 Å². The zero-order chi connectivity index (χ0) is 15.3. The van der Waals surface area contributed by atoms with Crippen LogP contribution in [0.5, 0.6) is 5.75 Å². The van der Waals surface area contributed by atoms with Crippen LogP contribution < -0.4 is 10.1 Å². The van der Waals surface area contributed by atoms with Crippen molar-refractivity contribution in [3.63, 3.8) is 0 Å². The van der Waals surface area contributed by atoms with Crippen LogP contribution in [0.25, 0.3) is 0 Å². The van der Waals surface area contributed by atoms with Crippen molar-refractivity contribution in [3.05, 3.63) is 28.1 Å². The minimum Gasteiger partial charge on any atom is -0.490 e. The number of nitrogens with one attached hydrogen (secondary N) is 1. The highest BCUT2D eigenvalue weighted by Gasteiger charge is 2.19. The molecule has 1 aromatic carbocycles. The average Bonchev–Trinajstić information content (AvgIpc) is 2.39. The van der Waals surface area contributed by atoms with E-state index in [0.29, 0.717) is 0 Å². The molecule has 0 heterocycles. The van der Waals surface area contributed by atoms with Crippen LogP contribution in [-0.2, 0) is 4.79 Å². The summed E-state index contributed by atoms with van der Waals surface area (Å²) < 4.78 is 18.5. The van der Waals surface area contributed by atoms with Gasteiger partial charge in [0.15, 0.2) is 11.6 Å². The Kier molecular flexibility index (Phi) is 5.24. The average molecular weight is 285 g/mol. The zero-order valence-electron chi connectivity index (χ0n) is 11.5. The molecular formula is C12H16FN3O4. The van der Waals surface area contributed by atoms with E-state index in [0.717, 1.165) is 6.07 Å². The topological polar surface area (TPSA) is 84.7 Å². The number of anilines is 1. The fraction of sp³-hybridized carbons (Fsp3) is 0.417. The van der Waals surface area contributed by atoms with Gasteiger partial charge in [0.25, 0.3) is 0 Å². The summed E-state index contributed by atoms with van der Waals surface area (Å²) in [4.78, 5) is 22.8. The number of rotatable bonds is 6. The van der Waals surface area contributed by atoms with E-state index in [4.69, 9.17) is 4.74 Å². The van der Waals surface area contributed by atoms with Gasteiger partial charge in [0.1, 0.15) is 0 Å². The van der Waals surface area contributed by atoms with Gasteiger partial charge >= 0.3 is 5.69 Å². The second-order valence-electron chi connectivity index (χ2n) is 4.23. The molecule has 20 heavy (non-hydrogen) atoms. The Balaban J connectivity index is 2.81. The van der Waals surface area contributed by atoms with E-state index in [1.54, 1.807) is 14.1 Å². The van der Waals surface area contributed by atoms with Gasteiger partial charge in [-0.3, -0.25) is 14.9 Å². The molecule has 7 nitrogen and oxygen atoms in total. The Morgan fingerprint density at radius 1 is 1.50 bits per heavy atom. The number of amides is 1. The van der Waals surface area contributed by atoms with Gasteiger partial charge in [-0.2, -0.15) is 0 Å². The van der Waals surface area contributed by atoms with E-state index in [-0.39, 0.29) is 30.3 Å². The number of hydrogen-bond donors (Lipinski definition) is 1. The Morgan fingerprint density at radius 3 is 2.65 bits per heavy atom. The third-order valence-corrected chi connectivity index (χ3v) is 2.62. The number of benzene rings is 1. The number of carbonyl (C=O) groups is 1. The Morgan fingerprint density at radius 2 is 2.15 bits per heavy atom.